The first-order valence-corrected chi connectivity index (χ1v) is 9.05. The van der Waals surface area contributed by atoms with Crippen molar-refractivity contribution in [2.75, 3.05) is 7.11 Å². The molecular weight excluding hydrogens is 272 g/mol. The van der Waals surface area contributed by atoms with Crippen molar-refractivity contribution >= 4 is 0 Å². The van der Waals surface area contributed by atoms with E-state index in [0.717, 1.165) is 29.7 Å². The van der Waals surface area contributed by atoms with Crippen molar-refractivity contribution in [2.24, 2.45) is 0 Å². The smallest absolute Gasteiger partial charge is 0.126 e. The Bertz CT molecular complexity index is 412. The standard InChI is InChI=1S/C20H34O2/c1-4-5-6-7-8-9-10-11-12-13-14-18-19(21)15-17(2)16-20(18)22-3/h15-16,21H,4-14H2,1-3H3. The van der Waals surface area contributed by atoms with E-state index >= 15 is 0 Å². The van der Waals surface area contributed by atoms with Gasteiger partial charge in [-0.15, -0.1) is 0 Å². The van der Waals surface area contributed by atoms with Crippen LogP contribution in [-0.4, -0.2) is 12.2 Å². The molecule has 0 bridgehead atoms. The predicted molar refractivity (Wildman–Crippen MR) is 94.9 cm³/mol. The normalized spacial score (nSPS) is 10.9. The summed E-state index contributed by atoms with van der Waals surface area (Å²) < 4.78 is 5.39. The van der Waals surface area contributed by atoms with Gasteiger partial charge in [0.05, 0.1) is 7.11 Å². The van der Waals surface area contributed by atoms with E-state index in [1.54, 1.807) is 7.11 Å². The number of aryl methyl sites for hydroxylation is 1. The summed E-state index contributed by atoms with van der Waals surface area (Å²) in [5.41, 5.74) is 2.01. The Kier molecular flexibility index (Phi) is 9.77. The topological polar surface area (TPSA) is 29.5 Å². The van der Waals surface area contributed by atoms with Gasteiger partial charge in [0.2, 0.25) is 0 Å². The lowest BCUT2D eigenvalue weighted by atomic mass is 10.0. The second-order valence-corrected chi connectivity index (χ2v) is 6.40. The number of hydrogen-bond donors (Lipinski definition) is 1. The summed E-state index contributed by atoms with van der Waals surface area (Å²) in [6.45, 7) is 4.24. The van der Waals surface area contributed by atoms with Gasteiger partial charge in [0.1, 0.15) is 11.5 Å². The van der Waals surface area contributed by atoms with Gasteiger partial charge in [0.15, 0.2) is 0 Å². The summed E-state index contributed by atoms with van der Waals surface area (Å²) in [4.78, 5) is 0. The largest absolute Gasteiger partial charge is 0.508 e. The molecule has 0 radical (unpaired) electrons. The predicted octanol–water partition coefficient (Wildman–Crippen LogP) is 6.17. The fraction of sp³-hybridized carbons (Fsp3) is 0.700. The highest BCUT2D eigenvalue weighted by atomic mass is 16.5. The number of rotatable bonds is 12. The van der Waals surface area contributed by atoms with Gasteiger partial charge in [-0.2, -0.15) is 0 Å². The number of methoxy groups -OCH3 is 1. The number of hydrogen-bond acceptors (Lipinski definition) is 2. The number of aromatic hydroxyl groups is 1. The fourth-order valence-corrected chi connectivity index (χ4v) is 2.99. The summed E-state index contributed by atoms with van der Waals surface area (Å²) in [6, 6.07) is 3.83. The third kappa shape index (κ3) is 7.20. The van der Waals surface area contributed by atoms with E-state index < -0.39 is 0 Å². The lowest BCUT2D eigenvalue weighted by molar-refractivity contribution is 0.397. The second kappa shape index (κ2) is 11.4. The molecule has 0 unspecified atom stereocenters. The molecule has 0 saturated heterocycles. The molecule has 1 aromatic carbocycles. The first-order valence-electron chi connectivity index (χ1n) is 9.05. The van der Waals surface area contributed by atoms with Gasteiger partial charge in [-0.25, -0.2) is 0 Å². The molecule has 0 aliphatic carbocycles. The van der Waals surface area contributed by atoms with E-state index in [9.17, 15) is 5.11 Å². The molecule has 0 amide bonds. The zero-order chi connectivity index (χ0) is 16.2. The molecular formula is C20H34O2. The Labute approximate surface area is 136 Å². The number of phenolic OH excluding ortho intramolecular Hbond substituents is 1. The maximum atomic E-state index is 10.1. The molecule has 0 heterocycles. The van der Waals surface area contributed by atoms with Crippen molar-refractivity contribution in [1.82, 2.24) is 0 Å². The lowest BCUT2D eigenvalue weighted by Crippen LogP contribution is -1.94. The summed E-state index contributed by atoms with van der Waals surface area (Å²) in [5.74, 6) is 1.21. The number of phenols is 1. The summed E-state index contributed by atoms with van der Waals surface area (Å²) in [7, 11) is 1.68. The first kappa shape index (κ1) is 18.9. The van der Waals surface area contributed by atoms with E-state index in [0.29, 0.717) is 5.75 Å². The molecule has 1 rings (SSSR count). The van der Waals surface area contributed by atoms with E-state index in [2.05, 4.69) is 6.92 Å². The van der Waals surface area contributed by atoms with Gasteiger partial charge in [0, 0.05) is 5.56 Å². The van der Waals surface area contributed by atoms with E-state index in [1.165, 1.54) is 57.8 Å². The van der Waals surface area contributed by atoms with Crippen LogP contribution in [-0.2, 0) is 6.42 Å². The average Bonchev–Trinajstić information content (AvgIpc) is 2.50. The Hall–Kier alpha value is -1.18. The molecule has 0 fully saturated rings. The van der Waals surface area contributed by atoms with Gasteiger partial charge < -0.3 is 9.84 Å². The van der Waals surface area contributed by atoms with Crippen LogP contribution in [0.2, 0.25) is 0 Å². The van der Waals surface area contributed by atoms with Crippen molar-refractivity contribution in [3.8, 4) is 11.5 Å². The van der Waals surface area contributed by atoms with E-state index in [4.69, 9.17) is 4.74 Å². The molecule has 1 aromatic rings. The quantitative estimate of drug-likeness (QED) is 0.468. The number of ether oxygens (including phenoxy) is 1. The van der Waals surface area contributed by atoms with Crippen molar-refractivity contribution in [1.29, 1.82) is 0 Å². The monoisotopic (exact) mass is 306 g/mol. The fourth-order valence-electron chi connectivity index (χ4n) is 2.99. The van der Waals surface area contributed by atoms with Gasteiger partial charge in [-0.1, -0.05) is 64.7 Å². The average molecular weight is 306 g/mol. The molecule has 1 N–H and O–H groups in total. The van der Waals surface area contributed by atoms with Crippen LogP contribution in [0.3, 0.4) is 0 Å². The molecule has 0 atom stereocenters. The molecule has 22 heavy (non-hydrogen) atoms. The molecule has 2 nitrogen and oxygen atoms in total. The van der Waals surface area contributed by atoms with E-state index in [-0.39, 0.29) is 0 Å². The summed E-state index contributed by atoms with van der Waals surface area (Å²) in [5, 5.41) is 10.1. The van der Waals surface area contributed by atoms with Gasteiger partial charge in [-0.3, -0.25) is 0 Å². The van der Waals surface area contributed by atoms with Crippen molar-refractivity contribution in [3.05, 3.63) is 23.3 Å². The van der Waals surface area contributed by atoms with Crippen LogP contribution in [0.25, 0.3) is 0 Å². The molecule has 0 aliphatic heterocycles. The molecule has 0 spiro atoms. The minimum atomic E-state index is 0.382. The minimum Gasteiger partial charge on any atom is -0.508 e. The van der Waals surface area contributed by atoms with Gasteiger partial charge in [-0.05, 0) is 37.5 Å². The van der Waals surface area contributed by atoms with Crippen LogP contribution < -0.4 is 4.74 Å². The Morgan fingerprint density at radius 3 is 1.95 bits per heavy atom. The van der Waals surface area contributed by atoms with Gasteiger partial charge in [0.25, 0.3) is 0 Å². The SMILES string of the molecule is CCCCCCCCCCCCc1c(O)cc(C)cc1OC. The van der Waals surface area contributed by atoms with Crippen molar-refractivity contribution < 1.29 is 9.84 Å². The van der Waals surface area contributed by atoms with Crippen molar-refractivity contribution in [3.63, 3.8) is 0 Å². The van der Waals surface area contributed by atoms with Crippen LogP contribution in [0.1, 0.15) is 82.3 Å². The van der Waals surface area contributed by atoms with Crippen LogP contribution in [0.4, 0.5) is 0 Å². The van der Waals surface area contributed by atoms with Crippen LogP contribution >= 0.6 is 0 Å². The summed E-state index contributed by atoms with van der Waals surface area (Å²) >= 11 is 0. The van der Waals surface area contributed by atoms with Crippen LogP contribution in [0.15, 0.2) is 12.1 Å². The van der Waals surface area contributed by atoms with E-state index in [1.807, 2.05) is 19.1 Å². The number of unbranched alkanes of at least 4 members (excludes halogenated alkanes) is 9. The molecule has 126 valence electrons. The molecule has 2 heteroatoms. The Morgan fingerprint density at radius 1 is 0.864 bits per heavy atom. The zero-order valence-corrected chi connectivity index (χ0v) is 14.8. The zero-order valence-electron chi connectivity index (χ0n) is 14.8. The highest BCUT2D eigenvalue weighted by molar-refractivity contribution is 5.47. The highest BCUT2D eigenvalue weighted by Crippen LogP contribution is 2.31. The van der Waals surface area contributed by atoms with Gasteiger partial charge >= 0.3 is 0 Å². The van der Waals surface area contributed by atoms with Crippen molar-refractivity contribution in [2.45, 2.75) is 84.5 Å². The first-order chi connectivity index (χ1) is 10.7. The Morgan fingerprint density at radius 2 is 1.41 bits per heavy atom. The lowest BCUT2D eigenvalue weighted by Gasteiger charge is -2.11. The molecule has 0 aliphatic rings. The maximum Gasteiger partial charge on any atom is 0.126 e. The third-order valence-corrected chi connectivity index (χ3v) is 4.33. The van der Waals surface area contributed by atoms with Crippen LogP contribution in [0.5, 0.6) is 11.5 Å². The third-order valence-electron chi connectivity index (χ3n) is 4.33. The minimum absolute atomic E-state index is 0.382. The highest BCUT2D eigenvalue weighted by Gasteiger charge is 2.09. The second-order valence-electron chi connectivity index (χ2n) is 6.40. The molecule has 0 saturated carbocycles. The Balaban J connectivity index is 2.15. The maximum absolute atomic E-state index is 10.1. The van der Waals surface area contributed by atoms with Crippen LogP contribution in [0, 0.1) is 6.92 Å². The molecule has 0 aromatic heterocycles. The summed E-state index contributed by atoms with van der Waals surface area (Å²) in [6.07, 6.45) is 14.2. The number of benzene rings is 1.